The molecular formula is C22H34N4O2. The van der Waals surface area contributed by atoms with Gasteiger partial charge in [0.05, 0.1) is 6.10 Å². The molecule has 1 aromatic heterocycles. The Morgan fingerprint density at radius 3 is 2.79 bits per heavy atom. The summed E-state index contributed by atoms with van der Waals surface area (Å²) in [6, 6.07) is 2.12. The van der Waals surface area contributed by atoms with E-state index in [-0.39, 0.29) is 11.5 Å². The highest BCUT2D eigenvalue weighted by Crippen LogP contribution is 2.41. The zero-order chi connectivity index (χ0) is 19.6. The van der Waals surface area contributed by atoms with Crippen molar-refractivity contribution in [2.24, 2.45) is 5.41 Å². The van der Waals surface area contributed by atoms with Crippen LogP contribution >= 0.6 is 0 Å². The molecule has 154 valence electrons. The summed E-state index contributed by atoms with van der Waals surface area (Å²) in [6.45, 7) is 8.81. The number of carbonyl (C=O) groups excluding carboxylic acids is 1. The maximum absolute atomic E-state index is 12.5. The third-order valence-corrected chi connectivity index (χ3v) is 6.70. The standard InChI is InChI=1S/C22H34N4O2/c1-3-5-19-23-17(2)14-20(24-19)25-11-9-22(10-12-25)8-7-21(27)26(16-22)15-18-6-4-13-28-18/h14,18H,3-13,15-16H2,1-2H3/t18-/m0/s1. The predicted molar refractivity (Wildman–Crippen MR) is 109 cm³/mol. The zero-order valence-electron chi connectivity index (χ0n) is 17.5. The van der Waals surface area contributed by atoms with Gasteiger partial charge in [-0.15, -0.1) is 0 Å². The predicted octanol–water partition coefficient (Wildman–Crippen LogP) is 3.13. The van der Waals surface area contributed by atoms with Crippen LogP contribution in [0.25, 0.3) is 0 Å². The van der Waals surface area contributed by atoms with E-state index in [9.17, 15) is 4.79 Å². The van der Waals surface area contributed by atoms with Gasteiger partial charge in [-0.2, -0.15) is 0 Å². The molecular weight excluding hydrogens is 352 g/mol. The molecule has 3 aliphatic rings. The van der Waals surface area contributed by atoms with Crippen LogP contribution in [-0.4, -0.2) is 59.7 Å². The van der Waals surface area contributed by atoms with Crippen molar-refractivity contribution in [3.05, 3.63) is 17.6 Å². The number of likely N-dealkylation sites (tertiary alicyclic amines) is 1. The number of hydrogen-bond acceptors (Lipinski definition) is 5. The van der Waals surface area contributed by atoms with Crippen LogP contribution in [0.2, 0.25) is 0 Å². The van der Waals surface area contributed by atoms with Crippen molar-refractivity contribution in [2.75, 3.05) is 37.7 Å². The molecule has 4 heterocycles. The molecule has 6 heteroatoms. The van der Waals surface area contributed by atoms with Crippen LogP contribution < -0.4 is 4.90 Å². The molecule has 1 atom stereocenters. The fraction of sp³-hybridized carbons (Fsp3) is 0.773. The summed E-state index contributed by atoms with van der Waals surface area (Å²) in [5.74, 6) is 2.36. The van der Waals surface area contributed by atoms with Gasteiger partial charge in [0.1, 0.15) is 11.6 Å². The number of carbonyl (C=O) groups is 1. The molecule has 0 aliphatic carbocycles. The Hall–Kier alpha value is -1.69. The van der Waals surface area contributed by atoms with Crippen molar-refractivity contribution in [3.63, 3.8) is 0 Å². The molecule has 0 radical (unpaired) electrons. The van der Waals surface area contributed by atoms with Crippen molar-refractivity contribution < 1.29 is 9.53 Å². The number of amides is 1. The molecule has 0 N–H and O–H groups in total. The van der Waals surface area contributed by atoms with Gasteiger partial charge in [-0.1, -0.05) is 6.92 Å². The summed E-state index contributed by atoms with van der Waals surface area (Å²) >= 11 is 0. The first-order valence-electron chi connectivity index (χ1n) is 11.1. The first kappa shape index (κ1) is 19.6. The van der Waals surface area contributed by atoms with E-state index < -0.39 is 0 Å². The van der Waals surface area contributed by atoms with Gasteiger partial charge < -0.3 is 14.5 Å². The molecule has 1 amide bonds. The first-order chi connectivity index (χ1) is 13.6. The molecule has 3 aliphatic heterocycles. The normalized spacial score (nSPS) is 24.9. The third-order valence-electron chi connectivity index (χ3n) is 6.70. The Balaban J connectivity index is 1.39. The molecule has 6 nitrogen and oxygen atoms in total. The fourth-order valence-corrected chi connectivity index (χ4v) is 5.03. The largest absolute Gasteiger partial charge is 0.376 e. The van der Waals surface area contributed by atoms with Crippen molar-refractivity contribution in [1.29, 1.82) is 0 Å². The minimum atomic E-state index is 0.250. The maximum Gasteiger partial charge on any atom is 0.222 e. The molecule has 3 saturated heterocycles. The van der Waals surface area contributed by atoms with E-state index in [0.29, 0.717) is 12.3 Å². The second-order valence-electron chi connectivity index (χ2n) is 8.93. The highest BCUT2D eigenvalue weighted by Gasteiger charge is 2.41. The van der Waals surface area contributed by atoms with Gasteiger partial charge >= 0.3 is 0 Å². The Labute approximate surface area is 168 Å². The molecule has 1 aromatic rings. The van der Waals surface area contributed by atoms with E-state index in [2.05, 4.69) is 34.7 Å². The molecule has 0 saturated carbocycles. The molecule has 0 bridgehead atoms. The maximum atomic E-state index is 12.5. The lowest BCUT2D eigenvalue weighted by Crippen LogP contribution is -2.53. The van der Waals surface area contributed by atoms with E-state index in [0.717, 1.165) is 95.1 Å². The summed E-state index contributed by atoms with van der Waals surface area (Å²) in [4.78, 5) is 26.4. The molecule has 0 unspecified atom stereocenters. The summed E-state index contributed by atoms with van der Waals surface area (Å²) in [7, 11) is 0. The van der Waals surface area contributed by atoms with Crippen molar-refractivity contribution >= 4 is 11.7 Å². The van der Waals surface area contributed by atoms with Gasteiger partial charge in [0, 0.05) is 57.4 Å². The summed E-state index contributed by atoms with van der Waals surface area (Å²) in [6.07, 6.45) is 8.48. The summed E-state index contributed by atoms with van der Waals surface area (Å²) in [5.41, 5.74) is 1.33. The zero-order valence-corrected chi connectivity index (χ0v) is 17.5. The molecule has 28 heavy (non-hydrogen) atoms. The SMILES string of the molecule is CCCc1nc(C)cc(N2CCC3(CCC(=O)N(C[C@@H]4CCCO4)C3)CC2)n1. The Bertz CT molecular complexity index is 694. The van der Waals surface area contributed by atoms with Crippen molar-refractivity contribution in [2.45, 2.75) is 71.3 Å². The molecule has 4 rings (SSSR count). The van der Waals surface area contributed by atoms with Gasteiger partial charge in [-0.05, 0) is 50.9 Å². The van der Waals surface area contributed by atoms with Gasteiger partial charge in [0.15, 0.2) is 0 Å². The Morgan fingerprint density at radius 1 is 1.25 bits per heavy atom. The smallest absolute Gasteiger partial charge is 0.222 e. The lowest BCUT2D eigenvalue weighted by Gasteiger charge is -2.48. The average molecular weight is 387 g/mol. The Morgan fingerprint density at radius 2 is 2.07 bits per heavy atom. The quantitative estimate of drug-likeness (QED) is 0.778. The minimum Gasteiger partial charge on any atom is -0.376 e. The van der Waals surface area contributed by atoms with Crippen LogP contribution in [-0.2, 0) is 16.0 Å². The molecule has 1 spiro atoms. The number of rotatable bonds is 5. The first-order valence-corrected chi connectivity index (χ1v) is 11.1. The van der Waals surface area contributed by atoms with Crippen LogP contribution in [0.5, 0.6) is 0 Å². The number of anilines is 1. The average Bonchev–Trinajstić information content (AvgIpc) is 3.18. The number of aromatic nitrogens is 2. The van der Waals surface area contributed by atoms with Crippen LogP contribution in [0.4, 0.5) is 5.82 Å². The molecule has 0 aromatic carbocycles. The van der Waals surface area contributed by atoms with E-state index in [1.807, 2.05) is 0 Å². The number of ether oxygens (including phenoxy) is 1. The lowest BCUT2D eigenvalue weighted by molar-refractivity contribution is -0.140. The fourth-order valence-electron chi connectivity index (χ4n) is 5.03. The van der Waals surface area contributed by atoms with E-state index in [1.54, 1.807) is 0 Å². The second kappa shape index (κ2) is 8.36. The second-order valence-corrected chi connectivity index (χ2v) is 8.93. The third kappa shape index (κ3) is 4.32. The van der Waals surface area contributed by atoms with Crippen molar-refractivity contribution in [3.8, 4) is 0 Å². The molecule has 3 fully saturated rings. The minimum absolute atomic E-state index is 0.250. The van der Waals surface area contributed by atoms with Gasteiger partial charge in [0.25, 0.3) is 0 Å². The summed E-state index contributed by atoms with van der Waals surface area (Å²) in [5, 5.41) is 0. The van der Waals surface area contributed by atoms with Crippen LogP contribution in [0.3, 0.4) is 0 Å². The lowest BCUT2D eigenvalue weighted by atomic mass is 9.72. The Kier molecular flexibility index (Phi) is 5.85. The van der Waals surface area contributed by atoms with E-state index >= 15 is 0 Å². The topological polar surface area (TPSA) is 58.6 Å². The van der Waals surface area contributed by atoms with Crippen LogP contribution in [0.15, 0.2) is 6.07 Å². The number of aryl methyl sites for hydroxylation is 2. The highest BCUT2D eigenvalue weighted by atomic mass is 16.5. The summed E-state index contributed by atoms with van der Waals surface area (Å²) < 4.78 is 5.78. The van der Waals surface area contributed by atoms with Crippen LogP contribution in [0.1, 0.15) is 63.4 Å². The van der Waals surface area contributed by atoms with E-state index in [1.165, 1.54) is 0 Å². The van der Waals surface area contributed by atoms with Gasteiger partial charge in [-0.3, -0.25) is 4.79 Å². The van der Waals surface area contributed by atoms with Gasteiger partial charge in [0.2, 0.25) is 5.91 Å². The number of hydrogen-bond donors (Lipinski definition) is 0. The number of piperidine rings is 2. The van der Waals surface area contributed by atoms with Crippen LogP contribution in [0, 0.1) is 12.3 Å². The number of nitrogens with zero attached hydrogens (tertiary/aromatic N) is 4. The van der Waals surface area contributed by atoms with E-state index in [4.69, 9.17) is 9.72 Å². The van der Waals surface area contributed by atoms with Gasteiger partial charge in [-0.25, -0.2) is 9.97 Å². The van der Waals surface area contributed by atoms with Crippen molar-refractivity contribution in [1.82, 2.24) is 14.9 Å². The monoisotopic (exact) mass is 386 g/mol. The highest BCUT2D eigenvalue weighted by molar-refractivity contribution is 5.77.